The van der Waals surface area contributed by atoms with E-state index in [1.807, 2.05) is 106 Å². The summed E-state index contributed by atoms with van der Waals surface area (Å²) in [5.41, 5.74) is 6.25. The number of para-hydroxylation sites is 1. The fourth-order valence-electron chi connectivity index (χ4n) is 11.3. The van der Waals surface area contributed by atoms with Crippen molar-refractivity contribution in [2.75, 3.05) is 59.9 Å². The Morgan fingerprint density at radius 3 is 2.26 bits per heavy atom. The number of benzene rings is 4. The number of fused-ring (bicyclic) bond motifs is 2. The van der Waals surface area contributed by atoms with Crippen molar-refractivity contribution >= 4 is 23.6 Å². The van der Waals surface area contributed by atoms with E-state index in [0.717, 1.165) is 53.6 Å². The number of aryl methyl sites for hydroxylation is 1. The second-order valence-electron chi connectivity index (χ2n) is 20.8. The summed E-state index contributed by atoms with van der Waals surface area (Å²) < 4.78 is 12.2. The Bertz CT molecular complexity index is 2340. The number of carbonyl (C=O) groups is 3. The summed E-state index contributed by atoms with van der Waals surface area (Å²) in [5, 5.41) is 22.1. The monoisotopic (exact) mass is 945 g/mol. The van der Waals surface area contributed by atoms with Gasteiger partial charge in [0.15, 0.2) is 0 Å². The number of nitrogens with one attached hydrogen (secondary N) is 3. The number of alkyl carbamates (subject to hydrolysis) is 1. The van der Waals surface area contributed by atoms with Crippen LogP contribution in [0.15, 0.2) is 97.1 Å². The van der Waals surface area contributed by atoms with Gasteiger partial charge in [-0.2, -0.15) is 5.06 Å². The summed E-state index contributed by atoms with van der Waals surface area (Å²) in [5.74, 6) is 0.762. The molecule has 372 valence electrons. The van der Waals surface area contributed by atoms with E-state index in [4.69, 9.17) is 14.3 Å². The molecule has 3 amide bonds. The number of nitrogens with zero attached hydrogens (tertiary/aromatic N) is 3. The van der Waals surface area contributed by atoms with Gasteiger partial charge < -0.3 is 40.3 Å². The molecule has 69 heavy (non-hydrogen) atoms. The number of rotatable bonds is 21. The van der Waals surface area contributed by atoms with Crippen molar-refractivity contribution in [3.63, 3.8) is 0 Å². The molecule has 4 aliphatic rings. The third-order valence-electron chi connectivity index (χ3n) is 15.2. The maximum absolute atomic E-state index is 14.9. The van der Waals surface area contributed by atoms with Gasteiger partial charge in [-0.3, -0.25) is 14.4 Å². The van der Waals surface area contributed by atoms with Crippen LogP contribution < -0.4 is 25.6 Å². The topological polar surface area (TPSA) is 145 Å². The first-order valence-corrected chi connectivity index (χ1v) is 24.9. The Labute approximate surface area is 410 Å². The first kappa shape index (κ1) is 51.4. The first-order chi connectivity index (χ1) is 33.1. The van der Waals surface area contributed by atoms with E-state index in [1.165, 1.54) is 12.0 Å². The van der Waals surface area contributed by atoms with Crippen molar-refractivity contribution in [1.82, 2.24) is 25.9 Å². The van der Waals surface area contributed by atoms with Crippen LogP contribution in [0.1, 0.15) is 80.4 Å². The third kappa shape index (κ3) is 12.3. The molecule has 1 aliphatic heterocycles. The lowest BCUT2D eigenvalue weighted by Gasteiger charge is -2.62. The number of anilines is 1. The zero-order valence-electron chi connectivity index (χ0n) is 42.2. The molecule has 0 unspecified atom stereocenters. The molecule has 0 aromatic heterocycles. The molecule has 13 heteroatoms. The van der Waals surface area contributed by atoms with Gasteiger partial charge in [-0.25, -0.2) is 4.79 Å². The Morgan fingerprint density at radius 2 is 1.62 bits per heavy atom. The standard InChI is InChI=1S/C56H76N6O7/c1-36-47-31-43(56(47,3)4)32-48(36)59-54(65)51-50(37(2)68-55(66)57-26-17-16-21-38-19-12-10-13-20-38)49(35-63)69-62(51)33-40-24-18-25-46(52(40)67-9)41-28-42(30-45(29-41)61(7)8)53(64)58-44(34-60(5)6)27-39-22-14-11-15-23-39/h10-15,18-20,22-25,28-30,36-37,43-44,47-51,63H,16-17,21,26-27,31-35H2,1-9H3,(H,57,66)(H,58,64)(H,59,65)/t36-,37-,43-,44-,47-,48-,49-,50+,51-/m0/s1. The largest absolute Gasteiger partial charge is 0.496 e. The van der Waals surface area contributed by atoms with Crippen LogP contribution in [0, 0.1) is 29.1 Å². The van der Waals surface area contributed by atoms with Crippen molar-refractivity contribution in [3.05, 3.63) is 119 Å². The van der Waals surface area contributed by atoms with Crippen molar-refractivity contribution < 1.29 is 33.8 Å². The van der Waals surface area contributed by atoms with Gasteiger partial charge in [0.05, 0.1) is 26.2 Å². The van der Waals surface area contributed by atoms with E-state index < -0.39 is 36.9 Å². The second-order valence-corrected chi connectivity index (χ2v) is 20.8. The summed E-state index contributed by atoms with van der Waals surface area (Å²) in [6, 6.07) is 31.0. The van der Waals surface area contributed by atoms with Crippen molar-refractivity contribution in [2.24, 2.45) is 29.1 Å². The lowest BCUT2D eigenvalue weighted by Crippen LogP contribution is -2.62. The molecule has 9 atom stereocenters. The summed E-state index contributed by atoms with van der Waals surface area (Å²) in [7, 11) is 9.51. The number of hydroxylamine groups is 2. The minimum Gasteiger partial charge on any atom is -0.496 e. The quantitative estimate of drug-likeness (QED) is 0.0613. The number of hydrogen-bond acceptors (Lipinski definition) is 10. The highest BCUT2D eigenvalue weighted by molar-refractivity contribution is 5.97. The average Bonchev–Trinajstić information content (AvgIpc) is 3.70. The SMILES string of the molecule is COc1c(CN2O[C@@H](CO)[C@@H]([C@H](C)OC(=O)NCCCCc3ccccc3)[C@H]2C(=O)N[C@H]2C[C@@H]3C[C@@H]([C@@H]2C)C3(C)C)cccc1-c1cc(C(=O)N[C@@H](Cc2ccccc2)CN(C)C)cc(N(C)C)c1. The van der Waals surface area contributed by atoms with Gasteiger partial charge in [0.25, 0.3) is 5.91 Å². The highest BCUT2D eigenvalue weighted by atomic mass is 16.7. The molecule has 1 saturated heterocycles. The summed E-state index contributed by atoms with van der Waals surface area (Å²) in [6.45, 7) is 9.53. The predicted octanol–water partition coefficient (Wildman–Crippen LogP) is 7.75. The number of hydrogen-bond donors (Lipinski definition) is 4. The summed E-state index contributed by atoms with van der Waals surface area (Å²) in [4.78, 5) is 53.0. The van der Waals surface area contributed by atoms with E-state index >= 15 is 0 Å². The fraction of sp³-hybridized carbons (Fsp3) is 0.518. The Balaban J connectivity index is 1.13. The van der Waals surface area contributed by atoms with Crippen LogP contribution in [-0.2, 0) is 33.8 Å². The Morgan fingerprint density at radius 1 is 0.913 bits per heavy atom. The van der Waals surface area contributed by atoms with Crippen molar-refractivity contribution in [1.29, 1.82) is 0 Å². The molecule has 13 nitrogen and oxygen atoms in total. The lowest BCUT2D eigenvalue weighted by molar-refractivity contribution is -0.183. The van der Waals surface area contributed by atoms with E-state index in [-0.39, 0.29) is 41.8 Å². The molecule has 4 N–H and O–H groups in total. The molecular weight excluding hydrogens is 869 g/mol. The highest BCUT2D eigenvalue weighted by Gasteiger charge is 2.57. The molecule has 0 radical (unpaired) electrons. The molecule has 3 saturated carbocycles. The smallest absolute Gasteiger partial charge is 0.407 e. The van der Waals surface area contributed by atoms with Crippen LogP contribution >= 0.6 is 0 Å². The minimum atomic E-state index is -0.916. The number of ether oxygens (including phenoxy) is 2. The third-order valence-corrected chi connectivity index (χ3v) is 15.2. The molecule has 8 rings (SSSR count). The van der Waals surface area contributed by atoms with E-state index in [0.29, 0.717) is 42.7 Å². The van der Waals surface area contributed by atoms with Crippen LogP contribution in [0.3, 0.4) is 0 Å². The Kier molecular flexibility index (Phi) is 17.1. The van der Waals surface area contributed by atoms with Gasteiger partial charge in [0, 0.05) is 61.6 Å². The average molecular weight is 945 g/mol. The number of amides is 3. The molecule has 0 spiro atoms. The van der Waals surface area contributed by atoms with E-state index in [9.17, 15) is 19.5 Å². The molecule has 1 heterocycles. The number of aliphatic hydroxyl groups is 1. The van der Waals surface area contributed by atoms with Gasteiger partial charge in [-0.1, -0.05) is 99.6 Å². The van der Waals surface area contributed by atoms with Gasteiger partial charge >= 0.3 is 6.09 Å². The van der Waals surface area contributed by atoms with Crippen molar-refractivity contribution in [3.8, 4) is 16.9 Å². The number of methoxy groups -OCH3 is 1. The number of unbranched alkanes of at least 4 members (excludes halogenated alkanes) is 1. The van der Waals surface area contributed by atoms with Crippen LogP contribution in [-0.4, -0.2) is 118 Å². The molecule has 4 fully saturated rings. The van der Waals surface area contributed by atoms with Gasteiger partial charge in [0.1, 0.15) is 24.0 Å². The van der Waals surface area contributed by atoms with E-state index in [1.54, 1.807) is 19.1 Å². The summed E-state index contributed by atoms with van der Waals surface area (Å²) in [6.07, 6.45) is 3.15. The number of likely N-dealkylation sites (N-methyl/N-ethyl adjacent to an activating group) is 1. The van der Waals surface area contributed by atoms with Crippen molar-refractivity contribution in [2.45, 2.75) is 103 Å². The normalized spacial score (nSPS) is 23.6. The lowest BCUT2D eigenvalue weighted by atomic mass is 9.45. The fourth-order valence-corrected chi connectivity index (χ4v) is 11.3. The summed E-state index contributed by atoms with van der Waals surface area (Å²) >= 11 is 0. The molecule has 4 aromatic rings. The van der Waals surface area contributed by atoms with Gasteiger partial charge in [0.2, 0.25) is 5.91 Å². The predicted molar refractivity (Wildman–Crippen MR) is 272 cm³/mol. The molecule has 4 aromatic carbocycles. The number of aliphatic hydroxyl groups excluding tert-OH is 1. The maximum atomic E-state index is 14.9. The highest BCUT2D eigenvalue weighted by Crippen LogP contribution is 2.61. The number of carbonyl (C=O) groups excluding carboxylic acids is 3. The molecular formula is C56H76N6O7. The van der Waals surface area contributed by atoms with Crippen LogP contribution in [0.5, 0.6) is 5.75 Å². The zero-order valence-corrected chi connectivity index (χ0v) is 42.2. The second kappa shape index (κ2) is 23.0. The van der Waals surface area contributed by atoms with Crippen LogP contribution in [0.2, 0.25) is 0 Å². The maximum Gasteiger partial charge on any atom is 0.407 e. The van der Waals surface area contributed by atoms with Crippen LogP contribution in [0.25, 0.3) is 11.1 Å². The molecule has 3 aliphatic carbocycles. The minimum absolute atomic E-state index is 0.0231. The molecule has 2 bridgehead atoms. The zero-order chi connectivity index (χ0) is 49.4. The van der Waals surface area contributed by atoms with Gasteiger partial charge in [-0.15, -0.1) is 0 Å². The van der Waals surface area contributed by atoms with E-state index in [2.05, 4.69) is 65.9 Å². The van der Waals surface area contributed by atoms with Gasteiger partial charge in [-0.05, 0) is 118 Å². The Hall–Kier alpha value is -5.47. The first-order valence-electron chi connectivity index (χ1n) is 24.9. The van der Waals surface area contributed by atoms with Crippen LogP contribution in [0.4, 0.5) is 10.5 Å².